The molecule has 7 heteroatoms. The van der Waals surface area contributed by atoms with E-state index in [0.717, 1.165) is 11.1 Å². The van der Waals surface area contributed by atoms with Crippen molar-refractivity contribution < 1.29 is 19.1 Å². The number of esters is 1. The van der Waals surface area contributed by atoms with Crippen LogP contribution < -0.4 is 5.32 Å². The van der Waals surface area contributed by atoms with Gasteiger partial charge >= 0.3 is 12.1 Å². The molecule has 0 radical (unpaired) electrons. The SMILES string of the molecule is CCOC(=O)C(N=C(c1ccccc1)c1ccccc1)C(NC(=O)OC(C)(C)C)c1cccnc1. The zero-order valence-corrected chi connectivity index (χ0v) is 20.5. The second kappa shape index (κ2) is 11.9. The van der Waals surface area contributed by atoms with Gasteiger partial charge in [0.15, 0.2) is 6.04 Å². The van der Waals surface area contributed by atoms with Crippen LogP contribution in [0.1, 0.15) is 50.4 Å². The number of carbonyl (C=O) groups excluding carboxylic acids is 2. The topological polar surface area (TPSA) is 89.9 Å². The van der Waals surface area contributed by atoms with Crippen LogP contribution in [0.4, 0.5) is 4.79 Å². The van der Waals surface area contributed by atoms with Crippen LogP contribution in [0, 0.1) is 0 Å². The summed E-state index contributed by atoms with van der Waals surface area (Å²) in [7, 11) is 0. The first-order chi connectivity index (χ1) is 16.8. The van der Waals surface area contributed by atoms with Crippen molar-refractivity contribution in [3.05, 3.63) is 102 Å². The van der Waals surface area contributed by atoms with Gasteiger partial charge in [-0.3, -0.25) is 9.98 Å². The number of pyridine rings is 1. The van der Waals surface area contributed by atoms with E-state index >= 15 is 0 Å². The third-order valence-corrected chi connectivity index (χ3v) is 4.92. The van der Waals surface area contributed by atoms with E-state index in [1.165, 1.54) is 0 Å². The number of rotatable bonds is 8. The molecule has 1 heterocycles. The molecule has 1 aromatic heterocycles. The summed E-state index contributed by atoms with van der Waals surface area (Å²) in [4.78, 5) is 35.2. The van der Waals surface area contributed by atoms with Gasteiger partial charge in [0, 0.05) is 23.5 Å². The maximum absolute atomic E-state index is 13.3. The summed E-state index contributed by atoms with van der Waals surface area (Å²) in [5, 5.41) is 2.83. The quantitative estimate of drug-likeness (QED) is 0.362. The Kier molecular flexibility index (Phi) is 8.73. The molecule has 0 fully saturated rings. The predicted molar refractivity (Wildman–Crippen MR) is 135 cm³/mol. The van der Waals surface area contributed by atoms with Gasteiger partial charge in [-0.1, -0.05) is 66.7 Å². The minimum Gasteiger partial charge on any atom is -0.464 e. The number of aromatic nitrogens is 1. The number of nitrogens with zero attached hydrogens (tertiary/aromatic N) is 2. The van der Waals surface area contributed by atoms with Crippen LogP contribution in [0.2, 0.25) is 0 Å². The van der Waals surface area contributed by atoms with E-state index in [4.69, 9.17) is 14.5 Å². The number of alkyl carbamates (subject to hydrolysis) is 1. The molecule has 0 saturated carbocycles. The van der Waals surface area contributed by atoms with Gasteiger partial charge in [0.2, 0.25) is 0 Å². The summed E-state index contributed by atoms with van der Waals surface area (Å²) < 4.78 is 10.9. The lowest BCUT2D eigenvalue weighted by Crippen LogP contribution is -2.43. The fourth-order valence-corrected chi connectivity index (χ4v) is 3.48. The number of hydrogen-bond acceptors (Lipinski definition) is 6. The van der Waals surface area contributed by atoms with Crippen molar-refractivity contribution in [3.8, 4) is 0 Å². The van der Waals surface area contributed by atoms with Gasteiger partial charge in [0.1, 0.15) is 5.60 Å². The molecule has 0 aliphatic carbocycles. The summed E-state index contributed by atoms with van der Waals surface area (Å²) in [6.07, 6.45) is 2.54. The van der Waals surface area contributed by atoms with Crippen LogP contribution in [0.3, 0.4) is 0 Å². The maximum atomic E-state index is 13.3. The third kappa shape index (κ3) is 7.50. The summed E-state index contributed by atoms with van der Waals surface area (Å²) in [5.41, 5.74) is 2.14. The molecule has 2 atom stereocenters. The van der Waals surface area contributed by atoms with Gasteiger partial charge in [0.25, 0.3) is 0 Å². The summed E-state index contributed by atoms with van der Waals surface area (Å²) in [6.45, 7) is 7.22. The number of nitrogens with one attached hydrogen (secondary N) is 1. The van der Waals surface area contributed by atoms with Crippen molar-refractivity contribution in [3.63, 3.8) is 0 Å². The molecule has 35 heavy (non-hydrogen) atoms. The molecule has 0 aliphatic heterocycles. The van der Waals surface area contributed by atoms with Crippen LogP contribution in [0.25, 0.3) is 0 Å². The van der Waals surface area contributed by atoms with E-state index in [0.29, 0.717) is 11.3 Å². The fraction of sp³-hybridized carbons (Fsp3) is 0.286. The Bertz CT molecular complexity index is 1090. The number of hydrogen-bond donors (Lipinski definition) is 1. The van der Waals surface area contributed by atoms with Crippen molar-refractivity contribution in [2.75, 3.05) is 6.61 Å². The third-order valence-electron chi connectivity index (χ3n) is 4.92. The molecule has 1 N–H and O–H groups in total. The van der Waals surface area contributed by atoms with Crippen LogP contribution in [0.15, 0.2) is 90.2 Å². The zero-order valence-electron chi connectivity index (χ0n) is 20.5. The lowest BCUT2D eigenvalue weighted by Gasteiger charge is -2.27. The molecule has 0 bridgehead atoms. The maximum Gasteiger partial charge on any atom is 0.408 e. The Morgan fingerprint density at radius 2 is 1.54 bits per heavy atom. The van der Waals surface area contributed by atoms with E-state index in [2.05, 4.69) is 10.3 Å². The number of aliphatic imine (C=N–C) groups is 1. The number of amides is 1. The minimum atomic E-state index is -1.10. The number of carbonyl (C=O) groups is 2. The Morgan fingerprint density at radius 1 is 0.943 bits per heavy atom. The van der Waals surface area contributed by atoms with Crippen molar-refractivity contribution >= 4 is 17.8 Å². The van der Waals surface area contributed by atoms with Crippen LogP contribution in [0.5, 0.6) is 0 Å². The lowest BCUT2D eigenvalue weighted by atomic mass is 9.98. The van der Waals surface area contributed by atoms with Crippen LogP contribution in [-0.4, -0.2) is 41.0 Å². The highest BCUT2D eigenvalue weighted by Crippen LogP contribution is 2.24. The Balaban J connectivity index is 2.15. The molecule has 0 saturated heterocycles. The molecule has 182 valence electrons. The van der Waals surface area contributed by atoms with Crippen molar-refractivity contribution in [1.82, 2.24) is 10.3 Å². The van der Waals surface area contributed by atoms with Crippen molar-refractivity contribution in [2.45, 2.75) is 45.4 Å². The predicted octanol–water partition coefficient (Wildman–Crippen LogP) is 5.12. The van der Waals surface area contributed by atoms with Crippen molar-refractivity contribution in [2.24, 2.45) is 4.99 Å². The average Bonchev–Trinajstić information content (AvgIpc) is 2.84. The fourth-order valence-electron chi connectivity index (χ4n) is 3.48. The number of benzene rings is 2. The molecular formula is C28H31N3O4. The molecule has 7 nitrogen and oxygen atoms in total. The normalized spacial score (nSPS) is 12.7. The van der Waals surface area contributed by atoms with Gasteiger partial charge in [-0.15, -0.1) is 0 Å². The summed E-state index contributed by atoms with van der Waals surface area (Å²) >= 11 is 0. The highest BCUT2D eigenvalue weighted by molar-refractivity contribution is 6.13. The standard InChI is InChI=1S/C28H31N3O4/c1-5-34-26(32)25(24(22-17-12-18-29-19-22)31-27(33)35-28(2,3)4)30-23(20-13-8-6-9-14-20)21-15-10-7-11-16-21/h6-19,24-25H,5H2,1-4H3,(H,31,33). The van der Waals surface area contributed by atoms with E-state index in [9.17, 15) is 9.59 Å². The average molecular weight is 474 g/mol. The van der Waals surface area contributed by atoms with Gasteiger partial charge in [-0.25, -0.2) is 9.59 Å². The molecule has 2 unspecified atom stereocenters. The molecule has 2 aromatic carbocycles. The smallest absolute Gasteiger partial charge is 0.408 e. The van der Waals surface area contributed by atoms with Gasteiger partial charge < -0.3 is 14.8 Å². The monoisotopic (exact) mass is 473 g/mol. The molecule has 3 aromatic rings. The molecule has 1 amide bonds. The second-order valence-electron chi connectivity index (χ2n) is 8.82. The summed E-state index contributed by atoms with van der Waals surface area (Å²) in [5.74, 6) is -0.568. The Labute approximate surface area is 206 Å². The molecular weight excluding hydrogens is 442 g/mol. The zero-order chi connectivity index (χ0) is 25.3. The van der Waals surface area contributed by atoms with Crippen LogP contribution in [-0.2, 0) is 14.3 Å². The first-order valence-corrected chi connectivity index (χ1v) is 11.5. The van der Waals surface area contributed by atoms with E-state index in [1.54, 1.807) is 52.2 Å². The van der Waals surface area contributed by atoms with Gasteiger partial charge in [-0.05, 0) is 39.3 Å². The highest BCUT2D eigenvalue weighted by Gasteiger charge is 2.34. The first-order valence-electron chi connectivity index (χ1n) is 11.5. The molecule has 3 rings (SSSR count). The Hall–Kier alpha value is -4.00. The van der Waals surface area contributed by atoms with E-state index in [1.807, 2.05) is 60.7 Å². The molecule has 0 spiro atoms. The summed E-state index contributed by atoms with van der Waals surface area (Å²) in [6, 6.07) is 20.7. The van der Waals surface area contributed by atoms with Crippen LogP contribution >= 0.6 is 0 Å². The minimum absolute atomic E-state index is 0.170. The number of ether oxygens (including phenoxy) is 2. The van der Waals surface area contributed by atoms with E-state index < -0.39 is 29.7 Å². The molecule has 0 aliphatic rings. The van der Waals surface area contributed by atoms with Crippen molar-refractivity contribution in [1.29, 1.82) is 0 Å². The Morgan fingerprint density at radius 3 is 2.03 bits per heavy atom. The van der Waals surface area contributed by atoms with Gasteiger partial charge in [-0.2, -0.15) is 0 Å². The largest absolute Gasteiger partial charge is 0.464 e. The first kappa shape index (κ1) is 25.6. The highest BCUT2D eigenvalue weighted by atomic mass is 16.6. The van der Waals surface area contributed by atoms with Gasteiger partial charge in [0.05, 0.1) is 18.4 Å². The second-order valence-corrected chi connectivity index (χ2v) is 8.82. The lowest BCUT2D eigenvalue weighted by molar-refractivity contribution is -0.145. The van der Waals surface area contributed by atoms with E-state index in [-0.39, 0.29) is 6.61 Å².